The van der Waals surface area contributed by atoms with Crippen LogP contribution in [0, 0.1) is 0 Å². The zero-order valence-corrected chi connectivity index (χ0v) is 8.25. The van der Waals surface area contributed by atoms with Crippen LogP contribution < -0.4 is 5.32 Å². The van der Waals surface area contributed by atoms with Gasteiger partial charge >= 0.3 is 0 Å². The molecule has 0 amide bonds. The summed E-state index contributed by atoms with van der Waals surface area (Å²) in [4.78, 5) is 7.38. The Hall–Kier alpha value is -1.77. The first-order valence-corrected chi connectivity index (χ1v) is 5.05. The van der Waals surface area contributed by atoms with Gasteiger partial charge in [0.2, 0.25) is 0 Å². The molecule has 0 unspecified atom stereocenters. The standard InChI is InChI=1S/C12H13N3/c1-3-9(7-13-5-1)11-8-15-12-10(11)4-2-6-14-12/h2,4,6-8,13H,1,3,5H2,(H,14,15)/i5D2. The lowest BCUT2D eigenvalue weighted by molar-refractivity contribution is 0.740. The van der Waals surface area contributed by atoms with Crippen LogP contribution in [0.15, 0.2) is 30.7 Å². The van der Waals surface area contributed by atoms with Crippen molar-refractivity contribution in [2.45, 2.75) is 12.8 Å². The van der Waals surface area contributed by atoms with Gasteiger partial charge in [0.15, 0.2) is 0 Å². The lowest BCUT2D eigenvalue weighted by Gasteiger charge is -2.13. The number of aromatic nitrogens is 2. The van der Waals surface area contributed by atoms with Gasteiger partial charge < -0.3 is 10.3 Å². The summed E-state index contributed by atoms with van der Waals surface area (Å²) in [7, 11) is 0. The summed E-state index contributed by atoms with van der Waals surface area (Å²) in [5, 5.41) is 3.88. The maximum atomic E-state index is 7.60. The zero-order chi connectivity index (χ0) is 11.9. The number of H-pyrrole nitrogens is 1. The fourth-order valence-electron chi connectivity index (χ4n) is 1.91. The number of nitrogens with zero attached hydrogens (tertiary/aromatic N) is 1. The van der Waals surface area contributed by atoms with Crippen molar-refractivity contribution in [1.82, 2.24) is 15.3 Å². The summed E-state index contributed by atoms with van der Waals surface area (Å²) < 4.78 is 15.2. The molecule has 2 aromatic rings. The molecule has 3 heterocycles. The van der Waals surface area contributed by atoms with E-state index in [1.54, 1.807) is 12.4 Å². The average molecular weight is 201 g/mol. The SMILES string of the molecule is [2H]C1([2H])CCC(c2c[nH]c3ncccc23)=CN1. The van der Waals surface area contributed by atoms with Gasteiger partial charge in [-0.05, 0) is 30.5 Å². The normalized spacial score (nSPS) is 21.5. The molecular weight excluding hydrogens is 186 g/mol. The molecule has 0 atom stereocenters. The Balaban J connectivity index is 2.03. The van der Waals surface area contributed by atoms with E-state index < -0.39 is 6.50 Å². The van der Waals surface area contributed by atoms with E-state index in [1.165, 1.54) is 0 Å². The van der Waals surface area contributed by atoms with E-state index in [0.717, 1.165) is 28.6 Å². The van der Waals surface area contributed by atoms with Crippen LogP contribution >= 0.6 is 0 Å². The molecule has 0 aromatic carbocycles. The Morgan fingerprint density at radius 2 is 2.47 bits per heavy atom. The second kappa shape index (κ2) is 3.42. The van der Waals surface area contributed by atoms with E-state index in [2.05, 4.69) is 15.3 Å². The summed E-state index contributed by atoms with van der Waals surface area (Å²) in [6.07, 6.45) is 6.70. The number of aromatic amines is 1. The highest BCUT2D eigenvalue weighted by Crippen LogP contribution is 2.27. The van der Waals surface area contributed by atoms with Crippen molar-refractivity contribution in [3.8, 4) is 0 Å². The molecule has 76 valence electrons. The number of allylic oxidation sites excluding steroid dienone is 1. The lowest BCUT2D eigenvalue weighted by atomic mass is 10.0. The summed E-state index contributed by atoms with van der Waals surface area (Å²) in [5.41, 5.74) is 3.10. The van der Waals surface area contributed by atoms with E-state index in [1.807, 2.05) is 18.3 Å². The first-order valence-electron chi connectivity index (χ1n) is 6.05. The molecule has 0 saturated heterocycles. The molecule has 1 aliphatic heterocycles. The highest BCUT2D eigenvalue weighted by molar-refractivity contribution is 5.90. The van der Waals surface area contributed by atoms with Gasteiger partial charge in [0.1, 0.15) is 5.65 Å². The second-order valence-corrected chi connectivity index (χ2v) is 3.59. The van der Waals surface area contributed by atoms with Crippen LogP contribution in [0.5, 0.6) is 0 Å². The van der Waals surface area contributed by atoms with Crippen molar-refractivity contribution in [2.75, 3.05) is 6.50 Å². The summed E-state index contributed by atoms with van der Waals surface area (Å²) in [6.45, 7) is -1.28. The largest absolute Gasteiger partial charge is 0.391 e. The molecule has 1 aliphatic rings. The molecule has 0 spiro atoms. The van der Waals surface area contributed by atoms with E-state index >= 15 is 0 Å². The van der Waals surface area contributed by atoms with Gasteiger partial charge in [-0.25, -0.2) is 4.98 Å². The van der Waals surface area contributed by atoms with Crippen LogP contribution in [-0.2, 0) is 0 Å². The third-order valence-corrected chi connectivity index (χ3v) is 2.66. The van der Waals surface area contributed by atoms with E-state index in [-0.39, 0.29) is 0 Å². The van der Waals surface area contributed by atoms with Crippen LogP contribution in [0.3, 0.4) is 0 Å². The molecule has 3 nitrogen and oxygen atoms in total. The highest BCUT2D eigenvalue weighted by atomic mass is 14.9. The quantitative estimate of drug-likeness (QED) is 0.743. The number of hydrogen-bond donors (Lipinski definition) is 2. The first kappa shape index (κ1) is 6.67. The summed E-state index contributed by atoms with van der Waals surface area (Å²) in [5.74, 6) is 0. The van der Waals surface area contributed by atoms with Crippen molar-refractivity contribution in [2.24, 2.45) is 0 Å². The Morgan fingerprint density at radius 3 is 3.33 bits per heavy atom. The van der Waals surface area contributed by atoms with Gasteiger partial charge in [-0.15, -0.1) is 0 Å². The molecule has 0 bridgehead atoms. The minimum atomic E-state index is -1.28. The zero-order valence-electron chi connectivity index (χ0n) is 10.2. The van der Waals surface area contributed by atoms with E-state index in [9.17, 15) is 0 Å². The molecule has 0 saturated carbocycles. The Morgan fingerprint density at radius 1 is 1.47 bits per heavy atom. The first-order chi connectivity index (χ1) is 8.16. The molecule has 0 fully saturated rings. The maximum Gasteiger partial charge on any atom is 0.137 e. The van der Waals surface area contributed by atoms with Crippen molar-refractivity contribution < 1.29 is 2.74 Å². The van der Waals surface area contributed by atoms with Crippen molar-refractivity contribution >= 4 is 16.6 Å². The molecule has 15 heavy (non-hydrogen) atoms. The number of fused-ring (bicyclic) bond motifs is 1. The van der Waals surface area contributed by atoms with Gasteiger partial charge in [0.05, 0.1) is 0 Å². The van der Waals surface area contributed by atoms with Crippen molar-refractivity contribution in [3.63, 3.8) is 0 Å². The van der Waals surface area contributed by atoms with Gasteiger partial charge in [-0.3, -0.25) is 0 Å². The minimum absolute atomic E-state index is 0.492. The smallest absolute Gasteiger partial charge is 0.137 e. The van der Waals surface area contributed by atoms with Crippen LogP contribution in [0.1, 0.15) is 21.1 Å². The second-order valence-electron chi connectivity index (χ2n) is 3.59. The summed E-state index contributed by atoms with van der Waals surface area (Å²) in [6, 6.07) is 3.94. The molecule has 3 rings (SSSR count). The predicted octanol–water partition coefficient (Wildman–Crippen LogP) is 2.29. The Bertz CT molecular complexity index is 586. The van der Waals surface area contributed by atoms with Crippen molar-refractivity contribution in [3.05, 3.63) is 36.3 Å². The molecular formula is C12H13N3. The van der Waals surface area contributed by atoms with Gasteiger partial charge in [0.25, 0.3) is 0 Å². The molecule has 2 aromatic heterocycles. The van der Waals surface area contributed by atoms with Crippen LogP contribution in [0.25, 0.3) is 16.6 Å². The highest BCUT2D eigenvalue weighted by Gasteiger charge is 2.10. The lowest BCUT2D eigenvalue weighted by Crippen LogP contribution is -2.12. The van der Waals surface area contributed by atoms with E-state index in [4.69, 9.17) is 2.74 Å². The fourth-order valence-corrected chi connectivity index (χ4v) is 1.91. The van der Waals surface area contributed by atoms with Crippen LogP contribution in [0.4, 0.5) is 0 Å². The Kier molecular flexibility index (Phi) is 1.52. The predicted molar refractivity (Wildman–Crippen MR) is 61.3 cm³/mol. The third-order valence-electron chi connectivity index (χ3n) is 2.66. The number of hydrogen-bond acceptors (Lipinski definition) is 2. The molecule has 0 radical (unpaired) electrons. The van der Waals surface area contributed by atoms with Crippen LogP contribution in [0.2, 0.25) is 0 Å². The van der Waals surface area contributed by atoms with Gasteiger partial charge in [0, 0.05) is 38.8 Å². The number of rotatable bonds is 1. The monoisotopic (exact) mass is 201 g/mol. The number of pyridine rings is 1. The maximum absolute atomic E-state index is 7.60. The average Bonchev–Trinajstić information content (AvgIpc) is 2.73. The Labute approximate surface area is 91.0 Å². The summed E-state index contributed by atoms with van der Waals surface area (Å²) >= 11 is 0. The van der Waals surface area contributed by atoms with Gasteiger partial charge in [-0.2, -0.15) is 0 Å². The van der Waals surface area contributed by atoms with E-state index in [0.29, 0.717) is 6.42 Å². The minimum Gasteiger partial charge on any atom is -0.391 e. The molecule has 3 heteroatoms. The molecule has 2 N–H and O–H groups in total. The van der Waals surface area contributed by atoms with Crippen molar-refractivity contribution in [1.29, 1.82) is 0 Å². The number of nitrogens with one attached hydrogen (secondary N) is 2. The third kappa shape index (κ3) is 1.40. The van der Waals surface area contributed by atoms with Crippen LogP contribution in [-0.4, -0.2) is 16.5 Å². The topological polar surface area (TPSA) is 40.7 Å². The fraction of sp³-hybridized carbons (Fsp3) is 0.250. The van der Waals surface area contributed by atoms with Gasteiger partial charge in [-0.1, -0.05) is 0 Å². The molecule has 0 aliphatic carbocycles.